The van der Waals surface area contributed by atoms with Crippen molar-refractivity contribution in [1.82, 2.24) is 9.78 Å². The smallest absolute Gasteiger partial charge is 0.388 e. The molecule has 3 rings (SSSR count). The topological polar surface area (TPSA) is 64.0 Å². The van der Waals surface area contributed by atoms with Crippen molar-refractivity contribution in [3.05, 3.63) is 60.3 Å². The van der Waals surface area contributed by atoms with Gasteiger partial charge < -0.3 is 5.32 Å². The molecule has 0 fully saturated rings. The summed E-state index contributed by atoms with van der Waals surface area (Å²) >= 11 is 0. The van der Waals surface area contributed by atoms with Crippen LogP contribution in [0, 0.1) is 0 Å². The second-order valence-corrected chi connectivity index (χ2v) is 7.93. The van der Waals surface area contributed by atoms with Gasteiger partial charge in [-0.15, -0.1) is 12.4 Å². The number of hydrogen-bond acceptors (Lipinski definition) is 4. The molecule has 0 spiro atoms. The van der Waals surface area contributed by atoms with Gasteiger partial charge in [0.2, 0.25) is 0 Å². The quantitative estimate of drug-likeness (QED) is 0.664. The Kier molecular flexibility index (Phi) is 6.10. The highest BCUT2D eigenvalue weighted by Gasteiger charge is 2.35. The lowest BCUT2D eigenvalue weighted by Crippen LogP contribution is -2.07. The van der Waals surface area contributed by atoms with Crippen LogP contribution in [0.5, 0.6) is 0 Å². The summed E-state index contributed by atoms with van der Waals surface area (Å²) in [6.45, 7) is 0. The molecule has 0 aliphatic rings. The summed E-state index contributed by atoms with van der Waals surface area (Å²) in [5.41, 5.74) is 0.859. The molecule has 1 N–H and O–H groups in total. The van der Waals surface area contributed by atoms with Crippen molar-refractivity contribution in [3.8, 4) is 16.9 Å². The number of nitrogens with zero attached hydrogens (tertiary/aromatic N) is 2. The van der Waals surface area contributed by atoms with Gasteiger partial charge >= 0.3 is 6.18 Å². The first-order chi connectivity index (χ1) is 12.6. The fourth-order valence-electron chi connectivity index (χ4n) is 2.56. The first-order valence-electron chi connectivity index (χ1n) is 7.85. The van der Waals surface area contributed by atoms with E-state index in [2.05, 4.69) is 10.4 Å². The predicted octanol–water partition coefficient (Wildman–Crippen LogP) is 4.43. The summed E-state index contributed by atoms with van der Waals surface area (Å²) in [4.78, 5) is 0.0896. The molecule has 150 valence electrons. The maximum absolute atomic E-state index is 13.2. The minimum Gasteiger partial charge on any atom is -0.388 e. The SMILES string of the molecule is CNc1ccc(-n2nc(C(F)(F)F)cc2-c2ccc(S(C)(=O)=O)cc2)cc1.Cl. The van der Waals surface area contributed by atoms with Gasteiger partial charge in [0, 0.05) is 24.6 Å². The Morgan fingerprint density at radius 2 is 1.57 bits per heavy atom. The molecule has 2 aromatic carbocycles. The van der Waals surface area contributed by atoms with Crippen LogP contribution in [0.25, 0.3) is 16.9 Å². The fourth-order valence-corrected chi connectivity index (χ4v) is 3.19. The van der Waals surface area contributed by atoms with E-state index in [4.69, 9.17) is 0 Å². The molecule has 0 bridgehead atoms. The van der Waals surface area contributed by atoms with Crippen LogP contribution in [0.2, 0.25) is 0 Å². The molecule has 3 aromatic rings. The van der Waals surface area contributed by atoms with E-state index in [1.807, 2.05) is 0 Å². The molecule has 1 aromatic heterocycles. The number of aromatic nitrogens is 2. The highest BCUT2D eigenvalue weighted by atomic mass is 35.5. The summed E-state index contributed by atoms with van der Waals surface area (Å²) < 4.78 is 63.9. The van der Waals surface area contributed by atoms with E-state index >= 15 is 0 Å². The Labute approximate surface area is 166 Å². The molecule has 0 aliphatic carbocycles. The number of anilines is 1. The molecule has 0 amide bonds. The Hall–Kier alpha value is -2.52. The van der Waals surface area contributed by atoms with Crippen molar-refractivity contribution < 1.29 is 21.6 Å². The summed E-state index contributed by atoms with van der Waals surface area (Å²) in [6.07, 6.45) is -3.53. The average Bonchev–Trinajstić information content (AvgIpc) is 3.07. The van der Waals surface area contributed by atoms with Gasteiger partial charge in [-0.1, -0.05) is 12.1 Å². The Bertz CT molecular complexity index is 1060. The van der Waals surface area contributed by atoms with Gasteiger partial charge in [-0.05, 0) is 42.5 Å². The molecular formula is C18H17ClF3N3O2S. The van der Waals surface area contributed by atoms with Crippen molar-refractivity contribution in [2.45, 2.75) is 11.1 Å². The van der Waals surface area contributed by atoms with Crippen LogP contribution in [0.3, 0.4) is 0 Å². The van der Waals surface area contributed by atoms with Crippen LogP contribution in [0.4, 0.5) is 18.9 Å². The number of nitrogens with one attached hydrogen (secondary N) is 1. The third-order valence-corrected chi connectivity index (χ3v) is 5.11. The van der Waals surface area contributed by atoms with Crippen molar-refractivity contribution >= 4 is 27.9 Å². The van der Waals surface area contributed by atoms with Crippen molar-refractivity contribution in [2.24, 2.45) is 0 Å². The molecule has 0 unspecified atom stereocenters. The molecule has 0 atom stereocenters. The maximum atomic E-state index is 13.2. The predicted molar refractivity (Wildman–Crippen MR) is 104 cm³/mol. The molecule has 0 radical (unpaired) electrons. The molecule has 28 heavy (non-hydrogen) atoms. The number of hydrogen-bond donors (Lipinski definition) is 1. The third kappa shape index (κ3) is 4.48. The average molecular weight is 432 g/mol. The van der Waals surface area contributed by atoms with Gasteiger partial charge in [0.15, 0.2) is 15.5 Å². The van der Waals surface area contributed by atoms with Gasteiger partial charge in [-0.25, -0.2) is 13.1 Å². The number of halogens is 4. The minimum atomic E-state index is -4.60. The standard InChI is InChI=1S/C18H16F3N3O2S.ClH/c1-22-13-5-7-14(8-6-13)24-16(11-17(23-24)18(19,20)21)12-3-9-15(10-4-12)27(2,25)26;/h3-11,22H,1-2H3;1H. The fraction of sp³-hybridized carbons (Fsp3) is 0.167. The Morgan fingerprint density at radius 3 is 2.04 bits per heavy atom. The number of sulfone groups is 1. The maximum Gasteiger partial charge on any atom is 0.435 e. The second-order valence-electron chi connectivity index (χ2n) is 5.92. The highest BCUT2D eigenvalue weighted by molar-refractivity contribution is 7.90. The normalized spacial score (nSPS) is 11.8. The molecule has 10 heteroatoms. The van der Waals surface area contributed by atoms with Crippen LogP contribution in [-0.2, 0) is 16.0 Å². The zero-order chi connectivity index (χ0) is 19.8. The molecular weight excluding hydrogens is 415 g/mol. The van der Waals surface area contributed by atoms with Gasteiger partial charge in [-0.3, -0.25) is 0 Å². The zero-order valence-corrected chi connectivity index (χ0v) is 16.5. The Balaban J connectivity index is 0.00000280. The van der Waals surface area contributed by atoms with Crippen molar-refractivity contribution in [3.63, 3.8) is 0 Å². The number of alkyl halides is 3. The highest BCUT2D eigenvalue weighted by Crippen LogP contribution is 2.33. The van der Waals surface area contributed by atoms with E-state index in [0.29, 0.717) is 11.3 Å². The monoisotopic (exact) mass is 431 g/mol. The summed E-state index contributed by atoms with van der Waals surface area (Å²) in [5, 5.41) is 6.64. The minimum absolute atomic E-state index is 0. The van der Waals surface area contributed by atoms with E-state index in [-0.39, 0.29) is 23.0 Å². The van der Waals surface area contributed by atoms with Gasteiger partial charge in [0.05, 0.1) is 16.3 Å². The van der Waals surface area contributed by atoms with Gasteiger partial charge in [0.1, 0.15) is 0 Å². The summed E-state index contributed by atoms with van der Waals surface area (Å²) in [5.74, 6) is 0. The van der Waals surface area contributed by atoms with Gasteiger partial charge in [-0.2, -0.15) is 18.3 Å². The molecule has 0 saturated heterocycles. The van der Waals surface area contributed by atoms with Crippen LogP contribution in [0.15, 0.2) is 59.5 Å². The van der Waals surface area contributed by atoms with Crippen LogP contribution in [-0.4, -0.2) is 31.5 Å². The second kappa shape index (κ2) is 7.84. The van der Waals surface area contributed by atoms with E-state index < -0.39 is 21.7 Å². The third-order valence-electron chi connectivity index (χ3n) is 3.98. The molecule has 5 nitrogen and oxygen atoms in total. The lowest BCUT2D eigenvalue weighted by atomic mass is 10.1. The lowest BCUT2D eigenvalue weighted by molar-refractivity contribution is -0.141. The molecule has 0 saturated carbocycles. The van der Waals surface area contributed by atoms with Crippen molar-refractivity contribution in [2.75, 3.05) is 18.6 Å². The molecule has 1 heterocycles. The number of benzene rings is 2. The van der Waals surface area contributed by atoms with E-state index in [0.717, 1.165) is 18.0 Å². The zero-order valence-electron chi connectivity index (χ0n) is 14.9. The van der Waals surface area contributed by atoms with Crippen LogP contribution < -0.4 is 5.32 Å². The van der Waals surface area contributed by atoms with Crippen LogP contribution in [0.1, 0.15) is 5.69 Å². The number of rotatable bonds is 4. The van der Waals surface area contributed by atoms with Crippen LogP contribution >= 0.6 is 12.4 Å². The lowest BCUT2D eigenvalue weighted by Gasteiger charge is -2.09. The Morgan fingerprint density at radius 1 is 1.00 bits per heavy atom. The first kappa shape index (κ1) is 21.8. The van der Waals surface area contributed by atoms with E-state index in [1.54, 1.807) is 31.3 Å². The largest absolute Gasteiger partial charge is 0.435 e. The summed E-state index contributed by atoms with van der Waals surface area (Å²) in [7, 11) is -1.66. The molecule has 0 aliphatic heterocycles. The van der Waals surface area contributed by atoms with Crippen molar-refractivity contribution in [1.29, 1.82) is 0 Å². The van der Waals surface area contributed by atoms with E-state index in [9.17, 15) is 21.6 Å². The van der Waals surface area contributed by atoms with Gasteiger partial charge in [0.25, 0.3) is 0 Å². The van der Waals surface area contributed by atoms with E-state index in [1.165, 1.54) is 28.9 Å². The summed E-state index contributed by atoms with van der Waals surface area (Å²) in [6, 6.07) is 13.3. The first-order valence-corrected chi connectivity index (χ1v) is 9.74.